The van der Waals surface area contributed by atoms with Gasteiger partial charge in [0.25, 0.3) is 0 Å². The summed E-state index contributed by atoms with van der Waals surface area (Å²) >= 11 is 0. The van der Waals surface area contributed by atoms with Crippen molar-refractivity contribution in [1.82, 2.24) is 14.5 Å². The van der Waals surface area contributed by atoms with Crippen LogP contribution in [0, 0.1) is 0 Å². The van der Waals surface area contributed by atoms with Gasteiger partial charge in [-0.3, -0.25) is 4.57 Å². The summed E-state index contributed by atoms with van der Waals surface area (Å²) in [7, 11) is 0. The molecular formula is C40H31N3. The average Bonchev–Trinajstić information content (AvgIpc) is 3.57. The standard InChI is InChI=1S/C40H31N3/c1-39(2)30-19-11-8-16-25(30)28-22-29-26-17-10-13-21-33(26)43(34(29)23-32(28)39)38-41-36(24-14-6-5-7-15-24)35-37(42-38)27-18-9-12-20-31(27)40(35,3)4/h5-23H,1-4H3. The molecule has 3 heteroatoms. The molecule has 206 valence electrons. The molecule has 0 fully saturated rings. The molecule has 5 aromatic carbocycles. The van der Waals surface area contributed by atoms with E-state index in [4.69, 9.17) is 9.97 Å². The molecule has 3 nitrogen and oxygen atoms in total. The van der Waals surface area contributed by atoms with E-state index in [1.165, 1.54) is 49.7 Å². The first-order chi connectivity index (χ1) is 20.9. The van der Waals surface area contributed by atoms with E-state index in [2.05, 4.69) is 148 Å². The third-order valence-corrected chi connectivity index (χ3v) is 10.0. The Morgan fingerprint density at radius 3 is 1.91 bits per heavy atom. The first kappa shape index (κ1) is 24.6. The predicted octanol–water partition coefficient (Wildman–Crippen LogP) is 9.85. The third kappa shape index (κ3) is 3.14. The number of hydrogen-bond acceptors (Lipinski definition) is 2. The molecule has 43 heavy (non-hydrogen) atoms. The van der Waals surface area contributed by atoms with E-state index in [1.807, 2.05) is 0 Å². The highest BCUT2D eigenvalue weighted by atomic mass is 15.2. The van der Waals surface area contributed by atoms with Gasteiger partial charge in [-0.1, -0.05) is 125 Å². The quantitative estimate of drug-likeness (QED) is 0.213. The van der Waals surface area contributed by atoms with Gasteiger partial charge in [-0.15, -0.1) is 0 Å². The molecule has 0 spiro atoms. The Balaban J connectivity index is 1.41. The maximum Gasteiger partial charge on any atom is 0.235 e. The molecule has 9 rings (SSSR count). The molecule has 2 aromatic heterocycles. The zero-order valence-electron chi connectivity index (χ0n) is 24.8. The molecule has 0 unspecified atom stereocenters. The number of benzene rings is 5. The number of hydrogen-bond donors (Lipinski definition) is 0. The molecular weight excluding hydrogens is 522 g/mol. The Morgan fingerprint density at radius 2 is 1.12 bits per heavy atom. The molecule has 0 amide bonds. The topological polar surface area (TPSA) is 30.7 Å². The molecule has 0 saturated carbocycles. The van der Waals surface area contributed by atoms with E-state index in [1.54, 1.807) is 0 Å². The van der Waals surface area contributed by atoms with Gasteiger partial charge in [-0.25, -0.2) is 9.97 Å². The van der Waals surface area contributed by atoms with Crippen LogP contribution in [0.15, 0.2) is 115 Å². The highest BCUT2D eigenvalue weighted by molar-refractivity contribution is 6.11. The second-order valence-corrected chi connectivity index (χ2v) is 13.1. The van der Waals surface area contributed by atoms with Gasteiger partial charge in [0, 0.05) is 38.3 Å². The van der Waals surface area contributed by atoms with Gasteiger partial charge in [0.05, 0.1) is 22.4 Å². The summed E-state index contributed by atoms with van der Waals surface area (Å²) in [5, 5.41) is 2.45. The van der Waals surface area contributed by atoms with Crippen molar-refractivity contribution in [2.45, 2.75) is 38.5 Å². The normalized spacial score (nSPS) is 15.3. The molecule has 7 aromatic rings. The van der Waals surface area contributed by atoms with Gasteiger partial charge < -0.3 is 0 Å². The van der Waals surface area contributed by atoms with Crippen LogP contribution in [-0.2, 0) is 10.8 Å². The van der Waals surface area contributed by atoms with Crippen molar-refractivity contribution < 1.29 is 0 Å². The summed E-state index contributed by atoms with van der Waals surface area (Å²) in [6, 6.07) is 41.7. The lowest BCUT2D eigenvalue weighted by Crippen LogP contribution is -2.18. The minimum atomic E-state index is -0.215. The van der Waals surface area contributed by atoms with Gasteiger partial charge in [0.1, 0.15) is 0 Å². The number of rotatable bonds is 2. The summed E-state index contributed by atoms with van der Waals surface area (Å²) in [5.74, 6) is 0.713. The predicted molar refractivity (Wildman–Crippen MR) is 177 cm³/mol. The molecule has 0 saturated heterocycles. The van der Waals surface area contributed by atoms with Crippen molar-refractivity contribution in [1.29, 1.82) is 0 Å². The fraction of sp³-hybridized carbons (Fsp3) is 0.150. The Hall–Kier alpha value is -5.02. The number of para-hydroxylation sites is 1. The molecule has 0 atom stereocenters. The van der Waals surface area contributed by atoms with Crippen LogP contribution in [0.5, 0.6) is 0 Å². The SMILES string of the molecule is CC1(C)c2ccccc2-c2cc3c4ccccc4n(-c4nc(-c5ccccc5)c5c(n4)-c4ccccc4C5(C)C)c3cc21. The van der Waals surface area contributed by atoms with Gasteiger partial charge in [0.15, 0.2) is 0 Å². The Bertz CT molecular complexity index is 2290. The molecule has 0 N–H and O–H groups in total. The van der Waals surface area contributed by atoms with E-state index in [9.17, 15) is 0 Å². The highest BCUT2D eigenvalue weighted by Crippen LogP contribution is 2.53. The van der Waals surface area contributed by atoms with E-state index < -0.39 is 0 Å². The number of fused-ring (bicyclic) bond motifs is 9. The van der Waals surface area contributed by atoms with Crippen molar-refractivity contribution >= 4 is 21.8 Å². The smallest absolute Gasteiger partial charge is 0.235 e. The van der Waals surface area contributed by atoms with Crippen LogP contribution in [0.2, 0.25) is 0 Å². The average molecular weight is 554 g/mol. The lowest BCUT2D eigenvalue weighted by atomic mass is 9.81. The third-order valence-electron chi connectivity index (χ3n) is 10.0. The summed E-state index contributed by atoms with van der Waals surface area (Å²) in [5.41, 5.74) is 14.2. The minimum Gasteiger partial charge on any atom is -0.278 e. The summed E-state index contributed by atoms with van der Waals surface area (Å²) < 4.78 is 2.30. The second kappa shape index (κ2) is 8.29. The largest absolute Gasteiger partial charge is 0.278 e. The summed E-state index contributed by atoms with van der Waals surface area (Å²) in [6.45, 7) is 9.29. The highest BCUT2D eigenvalue weighted by Gasteiger charge is 2.40. The summed E-state index contributed by atoms with van der Waals surface area (Å²) in [4.78, 5) is 10.9. The molecule has 0 radical (unpaired) electrons. The minimum absolute atomic E-state index is 0.0989. The van der Waals surface area contributed by atoms with Crippen molar-refractivity contribution in [3.05, 3.63) is 138 Å². The van der Waals surface area contributed by atoms with Crippen molar-refractivity contribution in [2.75, 3.05) is 0 Å². The van der Waals surface area contributed by atoms with Crippen LogP contribution >= 0.6 is 0 Å². The molecule has 2 aliphatic carbocycles. The fourth-order valence-corrected chi connectivity index (χ4v) is 7.89. The van der Waals surface area contributed by atoms with Gasteiger partial charge in [0.2, 0.25) is 5.95 Å². The van der Waals surface area contributed by atoms with Crippen LogP contribution in [0.1, 0.15) is 49.9 Å². The Kier molecular flexibility index (Phi) is 4.74. The second-order valence-electron chi connectivity index (χ2n) is 13.1. The van der Waals surface area contributed by atoms with Crippen LogP contribution in [0.25, 0.3) is 61.4 Å². The van der Waals surface area contributed by atoms with Gasteiger partial charge in [-0.2, -0.15) is 0 Å². The molecule has 2 aliphatic rings. The Morgan fingerprint density at radius 1 is 0.488 bits per heavy atom. The van der Waals surface area contributed by atoms with Crippen LogP contribution in [0.3, 0.4) is 0 Å². The van der Waals surface area contributed by atoms with E-state index in [0.717, 1.165) is 28.0 Å². The monoisotopic (exact) mass is 553 g/mol. The first-order valence-electron chi connectivity index (χ1n) is 15.1. The maximum atomic E-state index is 5.46. The summed E-state index contributed by atoms with van der Waals surface area (Å²) in [6.07, 6.45) is 0. The Labute approximate surface area is 251 Å². The fourth-order valence-electron chi connectivity index (χ4n) is 7.89. The lowest BCUT2D eigenvalue weighted by Gasteiger charge is -2.24. The maximum absolute atomic E-state index is 5.46. The van der Waals surface area contributed by atoms with Crippen molar-refractivity contribution in [3.63, 3.8) is 0 Å². The lowest BCUT2D eigenvalue weighted by molar-refractivity contribution is 0.656. The first-order valence-corrected chi connectivity index (χ1v) is 15.1. The van der Waals surface area contributed by atoms with Gasteiger partial charge in [-0.05, 0) is 46.0 Å². The molecule has 0 aliphatic heterocycles. The van der Waals surface area contributed by atoms with Crippen molar-refractivity contribution in [3.8, 4) is 39.6 Å². The molecule has 0 bridgehead atoms. The molecule has 2 heterocycles. The van der Waals surface area contributed by atoms with E-state index in [0.29, 0.717) is 5.95 Å². The van der Waals surface area contributed by atoms with Crippen LogP contribution in [-0.4, -0.2) is 14.5 Å². The van der Waals surface area contributed by atoms with Crippen molar-refractivity contribution in [2.24, 2.45) is 0 Å². The van der Waals surface area contributed by atoms with Crippen LogP contribution in [0.4, 0.5) is 0 Å². The van der Waals surface area contributed by atoms with Crippen LogP contribution < -0.4 is 0 Å². The zero-order valence-corrected chi connectivity index (χ0v) is 24.8. The number of aromatic nitrogens is 3. The van der Waals surface area contributed by atoms with E-state index in [-0.39, 0.29) is 10.8 Å². The number of nitrogens with zero attached hydrogens (tertiary/aromatic N) is 3. The van der Waals surface area contributed by atoms with Gasteiger partial charge >= 0.3 is 0 Å². The zero-order chi connectivity index (χ0) is 29.1. The van der Waals surface area contributed by atoms with E-state index >= 15 is 0 Å².